The van der Waals surface area contributed by atoms with Gasteiger partial charge >= 0.3 is 11.9 Å². The number of hydrogen-bond donors (Lipinski definition) is 5. The predicted molar refractivity (Wildman–Crippen MR) is 95.1 cm³/mol. The minimum absolute atomic E-state index is 0.293. The molecule has 0 aliphatic carbocycles. The van der Waals surface area contributed by atoms with E-state index in [4.69, 9.17) is 10.2 Å². The van der Waals surface area contributed by atoms with Crippen LogP contribution >= 0.6 is 0 Å². The van der Waals surface area contributed by atoms with Crippen LogP contribution in [0.1, 0.15) is 24.8 Å². The van der Waals surface area contributed by atoms with Crippen molar-refractivity contribution in [3.8, 4) is 0 Å². The molecule has 0 saturated carbocycles. The predicted octanol–water partition coefficient (Wildman–Crippen LogP) is -0.963. The molecule has 28 heavy (non-hydrogen) atoms. The molecule has 1 aromatic rings. The Balaban J connectivity index is 1.89. The lowest BCUT2D eigenvalue weighted by molar-refractivity contribution is -0.143. The fraction of sp³-hybridized carbons (Fsp3) is 0.389. The van der Waals surface area contributed by atoms with E-state index in [-0.39, 0.29) is 6.42 Å². The fourth-order valence-electron chi connectivity index (χ4n) is 2.78. The summed E-state index contributed by atoms with van der Waals surface area (Å²) < 4.78 is 0. The monoisotopic (exact) mass is 391 g/mol. The molecule has 0 aromatic heterocycles. The van der Waals surface area contributed by atoms with Gasteiger partial charge in [-0.15, -0.1) is 0 Å². The molecular formula is C18H21N3O7. The van der Waals surface area contributed by atoms with Gasteiger partial charge in [0.15, 0.2) is 0 Å². The first-order chi connectivity index (χ1) is 13.3. The molecule has 1 aliphatic rings. The minimum Gasteiger partial charge on any atom is -0.481 e. The Morgan fingerprint density at radius 3 is 2.21 bits per heavy atom. The standard InChI is InChI=1S/C18H21N3O7/c22-14(19-11(18(27)28)6-7-15(23)24)9-13-17(26)20-12(16(25)21-13)8-10-4-2-1-3-5-10/h1-5,11-13H,6-9H2,(H,19,22)(H,20,26)(H,21,25)(H,23,24)(H,27,28)/t11-,12+,13+/m1/s1. The number of carboxylic acid groups (broad SMARTS) is 2. The van der Waals surface area contributed by atoms with E-state index in [0.29, 0.717) is 6.42 Å². The number of rotatable bonds is 9. The van der Waals surface area contributed by atoms with Gasteiger partial charge in [0, 0.05) is 12.8 Å². The first-order valence-electron chi connectivity index (χ1n) is 8.65. The molecule has 0 spiro atoms. The van der Waals surface area contributed by atoms with Gasteiger partial charge in [0.2, 0.25) is 17.7 Å². The molecule has 150 valence electrons. The highest BCUT2D eigenvalue weighted by atomic mass is 16.4. The van der Waals surface area contributed by atoms with Crippen LogP contribution in [0.15, 0.2) is 30.3 Å². The summed E-state index contributed by atoms with van der Waals surface area (Å²) in [5.74, 6) is -4.34. The summed E-state index contributed by atoms with van der Waals surface area (Å²) in [6.07, 6.45) is -0.877. The third kappa shape index (κ3) is 6.08. The summed E-state index contributed by atoms with van der Waals surface area (Å²) in [5.41, 5.74) is 0.863. The number of carbonyl (C=O) groups is 5. The van der Waals surface area contributed by atoms with Crippen molar-refractivity contribution < 1.29 is 34.2 Å². The molecule has 1 heterocycles. The minimum atomic E-state index is -1.39. The highest BCUT2D eigenvalue weighted by molar-refractivity contribution is 5.99. The number of amides is 3. The fourth-order valence-corrected chi connectivity index (χ4v) is 2.78. The molecule has 10 heteroatoms. The summed E-state index contributed by atoms with van der Waals surface area (Å²) in [7, 11) is 0. The molecule has 3 amide bonds. The number of nitrogens with one attached hydrogen (secondary N) is 3. The maximum Gasteiger partial charge on any atom is 0.326 e. The van der Waals surface area contributed by atoms with Crippen LogP contribution < -0.4 is 16.0 Å². The van der Waals surface area contributed by atoms with E-state index in [1.165, 1.54) is 0 Å². The molecule has 0 unspecified atom stereocenters. The summed E-state index contributed by atoms with van der Waals surface area (Å²) in [5, 5.41) is 24.9. The number of aliphatic carboxylic acids is 2. The Hall–Kier alpha value is -3.43. The Bertz CT molecular complexity index is 766. The first kappa shape index (κ1) is 20.9. The molecule has 3 atom stereocenters. The zero-order chi connectivity index (χ0) is 20.7. The maximum atomic E-state index is 12.2. The zero-order valence-corrected chi connectivity index (χ0v) is 14.9. The van der Waals surface area contributed by atoms with Crippen LogP contribution in [0.5, 0.6) is 0 Å². The maximum absolute atomic E-state index is 12.2. The summed E-state index contributed by atoms with van der Waals surface area (Å²) >= 11 is 0. The Morgan fingerprint density at radius 1 is 1.00 bits per heavy atom. The van der Waals surface area contributed by atoms with Crippen molar-refractivity contribution in [1.29, 1.82) is 0 Å². The highest BCUT2D eigenvalue weighted by Gasteiger charge is 2.35. The summed E-state index contributed by atoms with van der Waals surface area (Å²) in [6.45, 7) is 0. The third-order valence-electron chi connectivity index (χ3n) is 4.22. The largest absolute Gasteiger partial charge is 0.481 e. The molecule has 10 nitrogen and oxygen atoms in total. The molecule has 1 aliphatic heterocycles. The number of piperazine rings is 1. The van der Waals surface area contributed by atoms with Gasteiger partial charge in [-0.05, 0) is 12.0 Å². The van der Waals surface area contributed by atoms with Crippen LogP contribution in [0.3, 0.4) is 0 Å². The van der Waals surface area contributed by atoms with Gasteiger partial charge < -0.3 is 26.2 Å². The van der Waals surface area contributed by atoms with E-state index < -0.39 is 60.6 Å². The second-order valence-electron chi connectivity index (χ2n) is 6.41. The molecule has 0 radical (unpaired) electrons. The van der Waals surface area contributed by atoms with Crippen LogP contribution in [0.4, 0.5) is 0 Å². The molecule has 0 bridgehead atoms. The number of hydrogen-bond acceptors (Lipinski definition) is 5. The Labute approximate surface area is 160 Å². The van der Waals surface area contributed by atoms with Crippen LogP contribution in [0.25, 0.3) is 0 Å². The van der Waals surface area contributed by atoms with Crippen molar-refractivity contribution in [2.75, 3.05) is 0 Å². The topological polar surface area (TPSA) is 162 Å². The lowest BCUT2D eigenvalue weighted by Crippen LogP contribution is -2.63. The number of carboxylic acids is 2. The van der Waals surface area contributed by atoms with Crippen molar-refractivity contribution in [3.05, 3.63) is 35.9 Å². The number of benzene rings is 1. The average molecular weight is 391 g/mol. The van der Waals surface area contributed by atoms with Gasteiger partial charge in [0.05, 0.1) is 6.42 Å². The van der Waals surface area contributed by atoms with Crippen molar-refractivity contribution >= 4 is 29.7 Å². The smallest absolute Gasteiger partial charge is 0.326 e. The van der Waals surface area contributed by atoms with Crippen LogP contribution in [0, 0.1) is 0 Å². The van der Waals surface area contributed by atoms with E-state index in [1.54, 1.807) is 0 Å². The van der Waals surface area contributed by atoms with Gasteiger partial charge in [0.1, 0.15) is 18.1 Å². The molecular weight excluding hydrogens is 370 g/mol. The second-order valence-corrected chi connectivity index (χ2v) is 6.41. The van der Waals surface area contributed by atoms with Crippen molar-refractivity contribution in [2.24, 2.45) is 0 Å². The molecule has 1 saturated heterocycles. The summed E-state index contributed by atoms with van der Waals surface area (Å²) in [6, 6.07) is 5.81. The third-order valence-corrected chi connectivity index (χ3v) is 4.22. The second kappa shape index (κ2) is 9.49. The van der Waals surface area contributed by atoms with E-state index >= 15 is 0 Å². The summed E-state index contributed by atoms with van der Waals surface area (Å²) in [4.78, 5) is 58.2. The normalized spacial score (nSPS) is 19.9. The van der Waals surface area contributed by atoms with Crippen LogP contribution in [0.2, 0.25) is 0 Å². The first-order valence-corrected chi connectivity index (χ1v) is 8.65. The van der Waals surface area contributed by atoms with Gasteiger partial charge in [-0.25, -0.2) is 4.79 Å². The van der Waals surface area contributed by atoms with Crippen molar-refractivity contribution in [3.63, 3.8) is 0 Å². The highest BCUT2D eigenvalue weighted by Crippen LogP contribution is 2.09. The SMILES string of the molecule is O=C(O)CC[C@@H](NC(=O)C[C@@H]1NC(=O)[C@H](Cc2ccccc2)NC1=O)C(=O)O. The zero-order valence-electron chi connectivity index (χ0n) is 14.9. The van der Waals surface area contributed by atoms with Crippen molar-refractivity contribution in [1.82, 2.24) is 16.0 Å². The molecule has 5 N–H and O–H groups in total. The van der Waals surface area contributed by atoms with Gasteiger partial charge in [-0.2, -0.15) is 0 Å². The van der Waals surface area contributed by atoms with Gasteiger partial charge in [-0.1, -0.05) is 30.3 Å². The Morgan fingerprint density at radius 2 is 1.61 bits per heavy atom. The lowest BCUT2D eigenvalue weighted by atomic mass is 10.0. The Kier molecular flexibility index (Phi) is 7.08. The lowest BCUT2D eigenvalue weighted by Gasteiger charge is -2.29. The van der Waals surface area contributed by atoms with Crippen molar-refractivity contribution in [2.45, 2.75) is 43.8 Å². The molecule has 1 fully saturated rings. The van der Waals surface area contributed by atoms with Gasteiger partial charge in [-0.3, -0.25) is 19.2 Å². The van der Waals surface area contributed by atoms with E-state index in [1.807, 2.05) is 30.3 Å². The quantitative estimate of drug-likeness (QED) is 0.362. The number of carbonyl (C=O) groups excluding carboxylic acids is 3. The molecule has 1 aromatic carbocycles. The van der Waals surface area contributed by atoms with E-state index in [2.05, 4.69) is 16.0 Å². The van der Waals surface area contributed by atoms with E-state index in [0.717, 1.165) is 5.56 Å². The van der Waals surface area contributed by atoms with Gasteiger partial charge in [0.25, 0.3) is 0 Å². The van der Waals surface area contributed by atoms with Crippen LogP contribution in [-0.4, -0.2) is 58.0 Å². The molecule has 2 rings (SSSR count). The average Bonchev–Trinajstić information content (AvgIpc) is 2.63. The van der Waals surface area contributed by atoms with Crippen LogP contribution in [-0.2, 0) is 30.4 Å². The van der Waals surface area contributed by atoms with E-state index in [9.17, 15) is 24.0 Å².